The zero-order valence-electron chi connectivity index (χ0n) is 18.2. The van der Waals surface area contributed by atoms with Gasteiger partial charge in [0, 0.05) is 32.7 Å². The van der Waals surface area contributed by atoms with E-state index in [1.807, 2.05) is 0 Å². The summed E-state index contributed by atoms with van der Waals surface area (Å²) in [4.78, 5) is 0. The number of rotatable bonds is 1. The second-order valence-corrected chi connectivity index (χ2v) is 8.67. The smallest absolute Gasteiger partial charge is 0.0562 e. The Bertz CT molecular complexity index is 1850. The fourth-order valence-electron chi connectivity index (χ4n) is 5.50. The Hall–Kier alpha value is -4.30. The maximum atomic E-state index is 4.64. The molecule has 0 spiro atoms. The molecule has 3 heterocycles. The maximum Gasteiger partial charge on any atom is 0.0562 e. The molecule has 0 N–H and O–H groups in total. The third kappa shape index (κ3) is 2.49. The zero-order chi connectivity index (χ0) is 21.9. The van der Waals surface area contributed by atoms with Crippen LogP contribution in [0.15, 0.2) is 103 Å². The van der Waals surface area contributed by atoms with Gasteiger partial charge < -0.3 is 9.13 Å². The highest BCUT2D eigenvalue weighted by Crippen LogP contribution is 2.37. The van der Waals surface area contributed by atoms with Crippen LogP contribution in [0, 0.1) is 0 Å². The van der Waals surface area contributed by atoms with Crippen molar-refractivity contribution in [2.24, 2.45) is 0 Å². The lowest BCUT2D eigenvalue weighted by Gasteiger charge is -2.14. The zero-order valence-corrected chi connectivity index (χ0v) is 18.2. The summed E-state index contributed by atoms with van der Waals surface area (Å²) in [6, 6.07) is 32.6. The largest absolute Gasteiger partial charge is 0.309 e. The lowest BCUT2D eigenvalue weighted by Crippen LogP contribution is -2.31. The van der Waals surface area contributed by atoms with Crippen molar-refractivity contribution >= 4 is 45.4 Å². The van der Waals surface area contributed by atoms with E-state index in [-0.39, 0.29) is 0 Å². The van der Waals surface area contributed by atoms with Crippen molar-refractivity contribution in [2.75, 3.05) is 0 Å². The number of fused-ring (bicyclic) bond motifs is 6. The Balaban J connectivity index is 1.85. The van der Waals surface area contributed by atoms with E-state index in [9.17, 15) is 0 Å². The van der Waals surface area contributed by atoms with Gasteiger partial charge in [0.1, 0.15) is 0 Å². The van der Waals surface area contributed by atoms with E-state index in [2.05, 4.69) is 125 Å². The van der Waals surface area contributed by atoms with Crippen molar-refractivity contribution in [3.05, 3.63) is 119 Å². The van der Waals surface area contributed by atoms with Gasteiger partial charge in [-0.15, -0.1) is 0 Å². The second-order valence-electron chi connectivity index (χ2n) is 8.67. The van der Waals surface area contributed by atoms with Gasteiger partial charge in [-0.05, 0) is 53.8 Å². The average molecular weight is 423 g/mol. The van der Waals surface area contributed by atoms with Crippen LogP contribution in [0.25, 0.3) is 56.7 Å². The number of allylic oxidation sites excluding steroid dienone is 2. The van der Waals surface area contributed by atoms with Crippen LogP contribution in [0.1, 0.15) is 5.56 Å². The summed E-state index contributed by atoms with van der Waals surface area (Å²) >= 11 is 0. The van der Waals surface area contributed by atoms with Crippen LogP contribution in [0.5, 0.6) is 0 Å². The molecule has 0 saturated carbocycles. The van der Waals surface area contributed by atoms with Crippen LogP contribution >= 0.6 is 0 Å². The first-order valence-electron chi connectivity index (χ1n) is 11.4. The van der Waals surface area contributed by atoms with Crippen LogP contribution in [-0.2, 0) is 6.42 Å². The quantitative estimate of drug-likeness (QED) is 0.306. The van der Waals surface area contributed by atoms with Crippen molar-refractivity contribution in [3.63, 3.8) is 0 Å². The van der Waals surface area contributed by atoms with E-state index in [1.54, 1.807) is 0 Å². The van der Waals surface area contributed by atoms with Crippen LogP contribution in [-0.4, -0.2) is 9.13 Å². The molecule has 0 saturated heterocycles. The highest BCUT2D eigenvalue weighted by Gasteiger charge is 2.19. The maximum absolute atomic E-state index is 4.64. The molecule has 0 amide bonds. The molecule has 0 unspecified atom stereocenters. The molecule has 33 heavy (non-hydrogen) atoms. The monoisotopic (exact) mass is 422 g/mol. The van der Waals surface area contributed by atoms with Crippen molar-refractivity contribution < 1.29 is 0 Å². The van der Waals surface area contributed by atoms with E-state index in [0.29, 0.717) is 0 Å². The Morgan fingerprint density at radius 1 is 0.636 bits per heavy atom. The molecule has 2 heteroatoms. The fraction of sp³-hybridized carbons (Fsp3) is 0.0323. The molecule has 7 rings (SSSR count). The number of nitrogens with zero attached hydrogens (tertiary/aromatic N) is 2. The Kier molecular flexibility index (Phi) is 3.80. The van der Waals surface area contributed by atoms with E-state index < -0.39 is 0 Å². The first kappa shape index (κ1) is 18.3. The Morgan fingerprint density at radius 2 is 1.33 bits per heavy atom. The Labute approximate surface area is 191 Å². The highest BCUT2D eigenvalue weighted by atomic mass is 15.0. The normalized spacial score (nSPS) is 15.0. The molecule has 0 aliphatic carbocycles. The molecule has 0 fully saturated rings. The number of para-hydroxylation sites is 2. The van der Waals surface area contributed by atoms with Gasteiger partial charge >= 0.3 is 0 Å². The molecule has 2 aromatic heterocycles. The molecular formula is C31H22N2. The summed E-state index contributed by atoms with van der Waals surface area (Å²) in [5.41, 5.74) is 7.28. The van der Waals surface area contributed by atoms with Crippen LogP contribution < -0.4 is 10.6 Å². The van der Waals surface area contributed by atoms with Gasteiger partial charge in [-0.25, -0.2) is 0 Å². The number of hydrogen-bond donors (Lipinski definition) is 0. The van der Waals surface area contributed by atoms with Crippen LogP contribution in [0.3, 0.4) is 0 Å². The van der Waals surface area contributed by atoms with Gasteiger partial charge in [0.25, 0.3) is 0 Å². The van der Waals surface area contributed by atoms with E-state index in [1.165, 1.54) is 49.6 Å². The Morgan fingerprint density at radius 3 is 2.18 bits per heavy atom. The fourth-order valence-corrected chi connectivity index (χ4v) is 5.50. The van der Waals surface area contributed by atoms with Gasteiger partial charge in [-0.2, -0.15) is 0 Å². The summed E-state index contributed by atoms with van der Waals surface area (Å²) in [6.45, 7) is 4.64. The summed E-state index contributed by atoms with van der Waals surface area (Å²) in [5, 5.41) is 5.97. The van der Waals surface area contributed by atoms with E-state index >= 15 is 0 Å². The van der Waals surface area contributed by atoms with Crippen molar-refractivity contribution in [2.45, 2.75) is 6.42 Å². The van der Waals surface area contributed by atoms with Gasteiger partial charge in [-0.1, -0.05) is 79.4 Å². The highest BCUT2D eigenvalue weighted by molar-refractivity contribution is 6.23. The molecule has 6 aromatic rings. The minimum absolute atomic E-state index is 0.891. The average Bonchev–Trinajstić information content (AvgIpc) is 3.18. The number of benzene rings is 4. The van der Waals surface area contributed by atoms with Crippen molar-refractivity contribution in [3.8, 4) is 11.4 Å². The van der Waals surface area contributed by atoms with Gasteiger partial charge in [-0.3, -0.25) is 0 Å². The molecule has 0 radical (unpaired) electrons. The predicted molar refractivity (Wildman–Crippen MR) is 140 cm³/mol. The molecular weight excluding hydrogens is 400 g/mol. The summed E-state index contributed by atoms with van der Waals surface area (Å²) in [7, 11) is 0. The molecule has 2 bridgehead atoms. The number of aromatic nitrogens is 2. The standard InChI is InChI=1S/C31H22N2/c1-21-24-15-7-5-11-22-12-6-8-17-26(22)32(21)28-19-10-20-29-31(28)30-25(24)16-9-18-27(30)33(29)23-13-3-2-4-14-23/h2-10,12-20H,1,11H2/b7-5-,24-15-. The summed E-state index contributed by atoms with van der Waals surface area (Å²) in [6.07, 6.45) is 7.55. The lowest BCUT2D eigenvalue weighted by atomic mass is 10.1. The molecule has 2 nitrogen and oxygen atoms in total. The molecule has 1 aliphatic rings. The first-order chi connectivity index (χ1) is 16.3. The minimum atomic E-state index is 0.891. The van der Waals surface area contributed by atoms with Gasteiger partial charge in [0.05, 0.1) is 16.6 Å². The van der Waals surface area contributed by atoms with Gasteiger partial charge in [0.2, 0.25) is 0 Å². The predicted octanol–water partition coefficient (Wildman–Crippen LogP) is 6.03. The minimum Gasteiger partial charge on any atom is -0.309 e. The summed E-state index contributed by atoms with van der Waals surface area (Å²) in [5.74, 6) is 0. The first-order valence-corrected chi connectivity index (χ1v) is 11.4. The molecule has 4 aromatic carbocycles. The molecule has 0 atom stereocenters. The van der Waals surface area contributed by atoms with Crippen molar-refractivity contribution in [1.29, 1.82) is 0 Å². The van der Waals surface area contributed by atoms with Gasteiger partial charge in [0.15, 0.2) is 0 Å². The van der Waals surface area contributed by atoms with Crippen molar-refractivity contribution in [1.82, 2.24) is 9.13 Å². The SMILES string of the molecule is C=c1/c2c3cccc4c3c3c(cccc3n4-c3ccccc3)n1-c1ccccc1C/C=C\C=2. The third-order valence-electron chi connectivity index (χ3n) is 6.89. The van der Waals surface area contributed by atoms with Crippen LogP contribution in [0.4, 0.5) is 0 Å². The van der Waals surface area contributed by atoms with E-state index in [4.69, 9.17) is 0 Å². The topological polar surface area (TPSA) is 9.86 Å². The summed E-state index contributed by atoms with van der Waals surface area (Å²) < 4.78 is 4.76. The van der Waals surface area contributed by atoms with E-state index in [0.717, 1.165) is 17.0 Å². The molecule has 1 aliphatic heterocycles. The lowest BCUT2D eigenvalue weighted by molar-refractivity contribution is 1.03. The molecule has 156 valence electrons. The second kappa shape index (κ2) is 6.85. The number of hydrogen-bond acceptors (Lipinski definition) is 0. The van der Waals surface area contributed by atoms with Crippen LogP contribution in [0.2, 0.25) is 0 Å². The third-order valence-corrected chi connectivity index (χ3v) is 6.89.